The van der Waals surface area contributed by atoms with Crippen LogP contribution < -0.4 is 11.1 Å². The van der Waals surface area contributed by atoms with Crippen LogP contribution in [-0.4, -0.2) is 28.9 Å². The van der Waals surface area contributed by atoms with Crippen molar-refractivity contribution >= 4 is 23.0 Å². The maximum atomic E-state index is 12.5. The van der Waals surface area contributed by atoms with Gasteiger partial charge in [0.2, 0.25) is 5.91 Å². The molecule has 0 saturated heterocycles. The van der Waals surface area contributed by atoms with Crippen LogP contribution in [0.25, 0.3) is 11.1 Å². The van der Waals surface area contributed by atoms with Crippen LogP contribution >= 0.6 is 0 Å². The Morgan fingerprint density at radius 1 is 1.12 bits per heavy atom. The Hall–Kier alpha value is -3.19. The number of carbonyl (C=O) groups excluding carboxylic acids is 2. The molecule has 1 aromatic heterocycles. The van der Waals surface area contributed by atoms with Gasteiger partial charge in [-0.25, -0.2) is 9.78 Å². The van der Waals surface area contributed by atoms with Crippen molar-refractivity contribution in [1.82, 2.24) is 10.3 Å². The van der Waals surface area contributed by atoms with Crippen molar-refractivity contribution in [3.05, 3.63) is 65.5 Å². The number of oxazole rings is 1. The number of unbranched alkanes of at least 4 members (excludes halogenated alkanes) is 3. The first-order chi connectivity index (χ1) is 15.4. The van der Waals surface area contributed by atoms with Crippen molar-refractivity contribution in [3.63, 3.8) is 0 Å². The second kappa shape index (κ2) is 10.9. The first-order valence-corrected chi connectivity index (χ1v) is 11.1. The quantitative estimate of drug-likeness (QED) is 0.345. The summed E-state index contributed by atoms with van der Waals surface area (Å²) >= 11 is 0. The van der Waals surface area contributed by atoms with E-state index in [0.29, 0.717) is 29.1 Å². The van der Waals surface area contributed by atoms with E-state index in [-0.39, 0.29) is 18.9 Å². The molecule has 0 radical (unpaired) electrons. The number of carbonyl (C=O) groups is 2. The molecule has 7 nitrogen and oxygen atoms in total. The molecule has 0 bridgehead atoms. The number of nitrogens with zero attached hydrogens (tertiary/aromatic N) is 1. The van der Waals surface area contributed by atoms with E-state index < -0.39 is 11.5 Å². The number of aromatic nitrogens is 1. The van der Waals surface area contributed by atoms with Crippen LogP contribution in [0.1, 0.15) is 61.3 Å². The van der Waals surface area contributed by atoms with E-state index in [4.69, 9.17) is 14.9 Å². The zero-order valence-corrected chi connectivity index (χ0v) is 18.7. The maximum Gasteiger partial charge on any atom is 0.338 e. The van der Waals surface area contributed by atoms with Gasteiger partial charge in [0.05, 0.1) is 12.0 Å². The predicted molar refractivity (Wildman–Crippen MR) is 123 cm³/mol. The summed E-state index contributed by atoms with van der Waals surface area (Å²) in [5.41, 5.74) is 7.43. The van der Waals surface area contributed by atoms with Gasteiger partial charge in [-0.3, -0.25) is 4.79 Å². The predicted octanol–water partition coefficient (Wildman–Crippen LogP) is 4.14. The number of esters is 1. The summed E-state index contributed by atoms with van der Waals surface area (Å²) in [6.07, 6.45) is 4.46. The van der Waals surface area contributed by atoms with E-state index in [1.165, 1.54) is 0 Å². The number of fused-ring (bicyclic) bond motifs is 1. The van der Waals surface area contributed by atoms with Crippen molar-refractivity contribution in [3.8, 4) is 0 Å². The average molecular weight is 438 g/mol. The van der Waals surface area contributed by atoms with Crippen molar-refractivity contribution in [2.24, 2.45) is 5.73 Å². The summed E-state index contributed by atoms with van der Waals surface area (Å²) in [7, 11) is 0. The SMILES string of the molecule is CCCCCCNC(=O)[C@](C)(N)Cc1nc2cc(C(=O)OCc3ccccc3)ccc2o1. The average Bonchev–Trinajstić information content (AvgIpc) is 3.18. The highest BCUT2D eigenvalue weighted by Crippen LogP contribution is 2.21. The summed E-state index contributed by atoms with van der Waals surface area (Å²) in [4.78, 5) is 29.3. The van der Waals surface area contributed by atoms with Gasteiger partial charge in [-0.2, -0.15) is 0 Å². The van der Waals surface area contributed by atoms with Crippen molar-refractivity contribution < 1.29 is 18.7 Å². The molecular formula is C25H31N3O4. The fourth-order valence-electron chi connectivity index (χ4n) is 3.33. The van der Waals surface area contributed by atoms with Crippen LogP contribution in [0.5, 0.6) is 0 Å². The highest BCUT2D eigenvalue weighted by molar-refractivity contribution is 5.93. The first-order valence-electron chi connectivity index (χ1n) is 11.1. The van der Waals surface area contributed by atoms with Gasteiger partial charge >= 0.3 is 5.97 Å². The van der Waals surface area contributed by atoms with Gasteiger partial charge in [0, 0.05) is 6.54 Å². The van der Waals surface area contributed by atoms with Crippen LogP contribution in [0.4, 0.5) is 0 Å². The molecule has 0 fully saturated rings. The lowest BCUT2D eigenvalue weighted by Gasteiger charge is -2.21. The fraction of sp³-hybridized carbons (Fsp3) is 0.400. The standard InChI is InChI=1S/C25H31N3O4/c1-3-4-5-9-14-27-24(30)25(2,26)16-22-28-20-15-19(12-13-21(20)32-22)23(29)31-17-18-10-7-6-8-11-18/h6-8,10-13,15H,3-5,9,14,16-17,26H2,1-2H3,(H,27,30)/t25-/m1/s1. The van der Waals surface area contributed by atoms with Crippen LogP contribution in [0, 0.1) is 0 Å². The Morgan fingerprint density at radius 2 is 1.91 bits per heavy atom. The molecule has 3 N–H and O–H groups in total. The van der Waals surface area contributed by atoms with Gasteiger partial charge in [-0.1, -0.05) is 56.5 Å². The van der Waals surface area contributed by atoms with Gasteiger partial charge in [0.15, 0.2) is 11.5 Å². The third kappa shape index (κ3) is 6.40. The molecule has 0 aliphatic carbocycles. The van der Waals surface area contributed by atoms with Crippen LogP contribution in [-0.2, 0) is 22.6 Å². The zero-order valence-electron chi connectivity index (χ0n) is 18.7. The van der Waals surface area contributed by atoms with Gasteiger partial charge in [0.1, 0.15) is 17.7 Å². The molecule has 2 aromatic carbocycles. The van der Waals surface area contributed by atoms with E-state index in [0.717, 1.165) is 31.2 Å². The number of hydrogen-bond donors (Lipinski definition) is 2. The lowest BCUT2D eigenvalue weighted by atomic mass is 9.98. The molecule has 0 unspecified atom stereocenters. The number of nitrogens with two attached hydrogens (primary N) is 1. The van der Waals surface area contributed by atoms with E-state index >= 15 is 0 Å². The monoisotopic (exact) mass is 437 g/mol. The molecule has 1 heterocycles. The number of hydrogen-bond acceptors (Lipinski definition) is 6. The molecule has 1 atom stereocenters. The van der Waals surface area contributed by atoms with Gasteiger partial charge < -0.3 is 20.2 Å². The smallest absolute Gasteiger partial charge is 0.338 e. The Balaban J connectivity index is 1.60. The highest BCUT2D eigenvalue weighted by Gasteiger charge is 2.30. The summed E-state index contributed by atoms with van der Waals surface area (Å²) in [5.74, 6) is -0.325. The molecule has 0 aliphatic heterocycles. The third-order valence-electron chi connectivity index (χ3n) is 5.23. The van der Waals surface area contributed by atoms with Crippen LogP contribution in [0.3, 0.4) is 0 Å². The molecule has 0 spiro atoms. The number of nitrogens with one attached hydrogen (secondary N) is 1. The highest BCUT2D eigenvalue weighted by atomic mass is 16.5. The van der Waals surface area contributed by atoms with Gasteiger partial charge in [0.25, 0.3) is 0 Å². The number of ether oxygens (including phenoxy) is 1. The summed E-state index contributed by atoms with van der Waals surface area (Å²) in [6.45, 7) is 4.61. The molecule has 0 aliphatic rings. The Morgan fingerprint density at radius 3 is 2.66 bits per heavy atom. The first kappa shape index (κ1) is 23.5. The second-order valence-electron chi connectivity index (χ2n) is 8.26. The van der Waals surface area contributed by atoms with Crippen molar-refractivity contribution in [2.75, 3.05) is 6.54 Å². The molecule has 32 heavy (non-hydrogen) atoms. The molecule has 3 rings (SSSR count). The normalized spacial score (nSPS) is 13.0. The number of amides is 1. The largest absolute Gasteiger partial charge is 0.457 e. The summed E-state index contributed by atoms with van der Waals surface area (Å²) < 4.78 is 11.1. The summed E-state index contributed by atoms with van der Waals surface area (Å²) in [5, 5.41) is 2.89. The third-order valence-corrected chi connectivity index (χ3v) is 5.23. The second-order valence-corrected chi connectivity index (χ2v) is 8.26. The molecular weight excluding hydrogens is 406 g/mol. The minimum Gasteiger partial charge on any atom is -0.457 e. The van der Waals surface area contributed by atoms with Crippen LogP contribution in [0.15, 0.2) is 52.9 Å². The van der Waals surface area contributed by atoms with Gasteiger partial charge in [-0.15, -0.1) is 0 Å². The Labute approximate surface area is 188 Å². The molecule has 7 heteroatoms. The summed E-state index contributed by atoms with van der Waals surface area (Å²) in [6, 6.07) is 14.4. The number of benzene rings is 2. The van der Waals surface area contributed by atoms with Gasteiger partial charge in [-0.05, 0) is 37.1 Å². The molecule has 170 valence electrons. The lowest BCUT2D eigenvalue weighted by molar-refractivity contribution is -0.125. The van der Waals surface area contributed by atoms with E-state index in [1.807, 2.05) is 30.3 Å². The minimum atomic E-state index is -1.15. The Kier molecular flexibility index (Phi) is 8.00. The molecule has 3 aromatic rings. The van der Waals surface area contributed by atoms with Crippen molar-refractivity contribution in [2.45, 2.75) is 58.1 Å². The zero-order chi connectivity index (χ0) is 23.0. The number of rotatable bonds is 11. The lowest BCUT2D eigenvalue weighted by Crippen LogP contribution is -2.53. The maximum absolute atomic E-state index is 12.5. The fourth-order valence-corrected chi connectivity index (χ4v) is 3.33. The van der Waals surface area contributed by atoms with E-state index in [1.54, 1.807) is 25.1 Å². The Bertz CT molecular complexity index is 1040. The van der Waals surface area contributed by atoms with E-state index in [9.17, 15) is 9.59 Å². The van der Waals surface area contributed by atoms with Crippen molar-refractivity contribution in [1.29, 1.82) is 0 Å². The topological polar surface area (TPSA) is 107 Å². The molecule has 0 saturated carbocycles. The molecule has 1 amide bonds. The minimum absolute atomic E-state index is 0.149. The van der Waals surface area contributed by atoms with Crippen LogP contribution in [0.2, 0.25) is 0 Å². The van der Waals surface area contributed by atoms with E-state index in [2.05, 4.69) is 17.2 Å².